The minimum absolute atomic E-state index is 0.0900. The lowest BCUT2D eigenvalue weighted by molar-refractivity contribution is -0.144. The van der Waals surface area contributed by atoms with Crippen molar-refractivity contribution < 1.29 is 35.9 Å². The number of amides is 1. The van der Waals surface area contributed by atoms with E-state index in [0.717, 1.165) is 4.57 Å². The third-order valence-corrected chi connectivity index (χ3v) is 10.4. The Bertz CT molecular complexity index is 1770. The number of ether oxygens (including phenoxy) is 2. The Labute approximate surface area is 241 Å². The van der Waals surface area contributed by atoms with Gasteiger partial charge in [0.15, 0.2) is 5.01 Å². The molecule has 2 fully saturated rings. The number of imidazole rings is 1. The first-order chi connectivity index (χ1) is 19.9. The first-order valence-corrected chi connectivity index (χ1v) is 15.3. The van der Waals surface area contributed by atoms with E-state index in [1.807, 2.05) is 0 Å². The number of rotatable bonds is 9. The smallest absolute Gasteiger partial charge is 0.335 e. The second kappa shape index (κ2) is 10.3. The maximum Gasteiger partial charge on any atom is 0.335 e. The number of carbonyl (C=O) groups is 1. The van der Waals surface area contributed by atoms with Crippen LogP contribution >= 0.6 is 11.3 Å². The lowest BCUT2D eigenvalue weighted by Gasteiger charge is -2.39. The van der Waals surface area contributed by atoms with E-state index in [4.69, 9.17) is 9.47 Å². The number of hydrogen-bond donors (Lipinski definition) is 1. The zero-order valence-corrected chi connectivity index (χ0v) is 24.2. The van der Waals surface area contributed by atoms with E-state index in [0.29, 0.717) is 53.8 Å². The third-order valence-electron chi connectivity index (χ3n) is 7.93. The number of aromatic nitrogens is 4. The molecule has 0 radical (unpaired) electrons. The van der Waals surface area contributed by atoms with Crippen LogP contribution in [0.5, 0.6) is 0 Å². The molecular formula is C25H27F3N6O6S2. The van der Waals surface area contributed by atoms with Crippen molar-refractivity contribution in [2.75, 3.05) is 40.1 Å². The fourth-order valence-electron chi connectivity index (χ4n) is 5.32. The zero-order chi connectivity index (χ0) is 30.0. The van der Waals surface area contributed by atoms with Crippen LogP contribution in [0, 0.1) is 0 Å². The molecule has 3 aliphatic rings. The third kappa shape index (κ3) is 4.67. The Morgan fingerprint density at radius 3 is 2.52 bits per heavy atom. The number of alkyl halides is 3. The standard InChI is InChI=1S/C25H27F3N6O6S2/c1-32-18-16(14-3-7-33(8-4-14)21(35)25(39-2)5-6-25)9-15(42(37,38)31-24(11-26)12-40-13-24)10-17(18)34(23(32)36)22-30-29-20(41-22)19(27)28/h3,9-10,19,31H,4-8,11-13H2,1-2H3. The van der Waals surface area contributed by atoms with Crippen molar-refractivity contribution in [1.29, 1.82) is 0 Å². The number of aryl methyl sites for hydroxylation is 1. The normalized spacial score (nSPS) is 19.7. The Balaban J connectivity index is 1.49. The molecule has 4 heterocycles. The molecule has 1 saturated heterocycles. The fraction of sp³-hybridized carbons (Fsp3) is 0.520. The first kappa shape index (κ1) is 29.0. The minimum atomic E-state index is -4.35. The van der Waals surface area contributed by atoms with E-state index in [-0.39, 0.29) is 41.2 Å². The minimum Gasteiger partial charge on any atom is -0.377 e. The Kier molecular flexibility index (Phi) is 7.07. The molecule has 0 spiro atoms. The first-order valence-electron chi connectivity index (χ1n) is 13.0. The van der Waals surface area contributed by atoms with Crippen molar-refractivity contribution in [2.45, 2.75) is 41.7 Å². The lowest BCUT2D eigenvalue weighted by Crippen LogP contribution is -2.63. The van der Waals surface area contributed by atoms with Gasteiger partial charge in [0.25, 0.3) is 12.3 Å². The van der Waals surface area contributed by atoms with Crippen LogP contribution in [0.4, 0.5) is 13.2 Å². The summed E-state index contributed by atoms with van der Waals surface area (Å²) in [7, 11) is -1.37. The molecule has 1 aromatic carbocycles. The number of nitrogens with one attached hydrogen (secondary N) is 1. The average Bonchev–Trinajstić information content (AvgIpc) is 3.54. The van der Waals surface area contributed by atoms with E-state index in [2.05, 4.69) is 14.9 Å². The number of carbonyl (C=O) groups excluding carboxylic acids is 1. The monoisotopic (exact) mass is 628 g/mol. The van der Waals surface area contributed by atoms with Crippen LogP contribution < -0.4 is 10.4 Å². The second-order valence-electron chi connectivity index (χ2n) is 10.7. The molecule has 0 atom stereocenters. The molecule has 1 saturated carbocycles. The summed E-state index contributed by atoms with van der Waals surface area (Å²) >= 11 is 0.507. The highest BCUT2D eigenvalue weighted by atomic mass is 32.2. The van der Waals surface area contributed by atoms with Gasteiger partial charge in [-0.15, -0.1) is 10.2 Å². The van der Waals surface area contributed by atoms with E-state index in [9.17, 15) is 31.2 Å². The highest BCUT2D eigenvalue weighted by Crippen LogP contribution is 2.42. The molecule has 42 heavy (non-hydrogen) atoms. The van der Waals surface area contributed by atoms with Crippen LogP contribution in [0.2, 0.25) is 0 Å². The number of methoxy groups -OCH3 is 1. The molecule has 0 bridgehead atoms. The molecule has 17 heteroatoms. The summed E-state index contributed by atoms with van der Waals surface area (Å²) in [4.78, 5) is 27.8. The van der Waals surface area contributed by atoms with E-state index in [1.165, 1.54) is 30.9 Å². The highest BCUT2D eigenvalue weighted by Gasteiger charge is 2.52. The predicted molar refractivity (Wildman–Crippen MR) is 145 cm³/mol. The molecule has 1 N–H and O–H groups in total. The summed E-state index contributed by atoms with van der Waals surface area (Å²) in [6, 6.07) is 2.62. The van der Waals surface area contributed by atoms with Crippen LogP contribution in [0.25, 0.3) is 21.7 Å². The van der Waals surface area contributed by atoms with Gasteiger partial charge in [0, 0.05) is 32.8 Å². The maximum absolute atomic E-state index is 13.8. The van der Waals surface area contributed by atoms with Crippen molar-refractivity contribution in [3.05, 3.63) is 39.3 Å². The maximum atomic E-state index is 13.8. The molecule has 12 nitrogen and oxygen atoms in total. The van der Waals surface area contributed by atoms with Gasteiger partial charge in [-0.1, -0.05) is 17.4 Å². The average molecular weight is 629 g/mol. The van der Waals surface area contributed by atoms with E-state index < -0.39 is 45.0 Å². The molecule has 2 aliphatic heterocycles. The summed E-state index contributed by atoms with van der Waals surface area (Å²) in [5.74, 6) is -0.116. The summed E-state index contributed by atoms with van der Waals surface area (Å²) in [6.45, 7) is -0.713. The number of benzene rings is 1. The van der Waals surface area contributed by atoms with Crippen LogP contribution in [0.15, 0.2) is 27.9 Å². The van der Waals surface area contributed by atoms with Gasteiger partial charge in [0.1, 0.15) is 17.8 Å². The highest BCUT2D eigenvalue weighted by molar-refractivity contribution is 7.89. The van der Waals surface area contributed by atoms with Crippen molar-refractivity contribution in [1.82, 2.24) is 29.0 Å². The Morgan fingerprint density at radius 2 is 2.00 bits per heavy atom. The van der Waals surface area contributed by atoms with Gasteiger partial charge in [-0.2, -0.15) is 4.72 Å². The van der Waals surface area contributed by atoms with Crippen LogP contribution in [-0.2, 0) is 31.3 Å². The molecule has 6 rings (SSSR count). The SMILES string of the molecule is COC1(C(=O)N2CC=C(c3cc(S(=O)(=O)NC4(CF)COC4)cc4c3n(C)c(=O)n4-c3nnc(C(F)F)s3)CC2)CC1. The summed E-state index contributed by atoms with van der Waals surface area (Å²) < 4.78 is 82.7. The van der Waals surface area contributed by atoms with Gasteiger partial charge < -0.3 is 14.4 Å². The van der Waals surface area contributed by atoms with Crippen LogP contribution in [0.1, 0.15) is 36.3 Å². The van der Waals surface area contributed by atoms with Gasteiger partial charge in [-0.25, -0.2) is 31.0 Å². The molecular weight excluding hydrogens is 601 g/mol. The predicted octanol–water partition coefficient (Wildman–Crippen LogP) is 1.93. The summed E-state index contributed by atoms with van der Waals surface area (Å²) in [6.07, 6.45) is 0.500. The van der Waals surface area contributed by atoms with E-state index in [1.54, 1.807) is 11.0 Å². The summed E-state index contributed by atoms with van der Waals surface area (Å²) in [5, 5.41) is 6.48. The Hall–Kier alpha value is -3.12. The molecule has 2 aromatic heterocycles. The number of hydrogen-bond acceptors (Lipinski definition) is 9. The molecule has 226 valence electrons. The van der Waals surface area contributed by atoms with Crippen molar-refractivity contribution in [3.8, 4) is 5.13 Å². The quantitative estimate of drug-likeness (QED) is 0.380. The lowest BCUT2D eigenvalue weighted by atomic mass is 9.97. The van der Waals surface area contributed by atoms with Crippen LogP contribution in [-0.4, -0.2) is 89.8 Å². The van der Waals surface area contributed by atoms with E-state index >= 15 is 0 Å². The number of sulfonamides is 1. The van der Waals surface area contributed by atoms with Crippen molar-refractivity contribution in [2.24, 2.45) is 7.05 Å². The summed E-state index contributed by atoms with van der Waals surface area (Å²) in [5.41, 5.74) is -1.37. The Morgan fingerprint density at radius 1 is 1.26 bits per heavy atom. The molecule has 1 amide bonds. The van der Waals surface area contributed by atoms with Gasteiger partial charge in [-0.3, -0.25) is 9.36 Å². The largest absolute Gasteiger partial charge is 0.377 e. The molecule has 3 aromatic rings. The van der Waals surface area contributed by atoms with Crippen molar-refractivity contribution >= 4 is 43.9 Å². The fourth-order valence-corrected chi connectivity index (χ4v) is 7.42. The van der Waals surface area contributed by atoms with Gasteiger partial charge >= 0.3 is 5.69 Å². The van der Waals surface area contributed by atoms with Crippen molar-refractivity contribution in [3.63, 3.8) is 0 Å². The number of halogens is 3. The number of nitrogens with zero attached hydrogens (tertiary/aromatic N) is 5. The zero-order valence-electron chi connectivity index (χ0n) is 22.6. The van der Waals surface area contributed by atoms with Gasteiger partial charge in [-0.05, 0) is 37.0 Å². The number of fused-ring (bicyclic) bond motifs is 1. The van der Waals surface area contributed by atoms with Gasteiger partial charge in [0.05, 0.1) is 29.1 Å². The van der Waals surface area contributed by atoms with Crippen LogP contribution in [0.3, 0.4) is 0 Å². The van der Waals surface area contributed by atoms with Gasteiger partial charge in [0.2, 0.25) is 15.2 Å². The molecule has 0 unspecified atom stereocenters. The topological polar surface area (TPSA) is 138 Å². The molecule has 1 aliphatic carbocycles. The second-order valence-corrected chi connectivity index (χ2v) is 13.4.